The number of carbonyl (C=O) groups is 2. The Morgan fingerprint density at radius 2 is 2.08 bits per heavy atom. The number of ether oxygens (including phenoxy) is 1. The Kier molecular flexibility index (Phi) is 3.90. The van der Waals surface area contributed by atoms with E-state index in [0.717, 1.165) is 0 Å². The number of H-pyrrole nitrogens is 1. The molecule has 24 heavy (non-hydrogen) atoms. The second-order valence-corrected chi connectivity index (χ2v) is 5.35. The van der Waals surface area contributed by atoms with Crippen LogP contribution in [0.1, 0.15) is 35.2 Å². The van der Waals surface area contributed by atoms with Gasteiger partial charge in [-0.15, -0.1) is 0 Å². The highest BCUT2D eigenvalue weighted by atomic mass is 16.6. The van der Waals surface area contributed by atoms with Crippen LogP contribution in [0.25, 0.3) is 0 Å². The van der Waals surface area contributed by atoms with E-state index in [9.17, 15) is 19.5 Å². The van der Waals surface area contributed by atoms with Gasteiger partial charge in [0.25, 0.3) is 11.5 Å². The molecule has 1 aliphatic heterocycles. The molecule has 3 rings (SSSR count). The zero-order chi connectivity index (χ0) is 17.3. The number of para-hydroxylation sites is 1. The van der Waals surface area contributed by atoms with E-state index in [2.05, 4.69) is 15.3 Å². The summed E-state index contributed by atoms with van der Waals surface area (Å²) in [6.45, 7) is 1.27. The normalized spacial score (nSPS) is 19.3. The number of fused-ring (bicyclic) bond motifs is 1. The summed E-state index contributed by atoms with van der Waals surface area (Å²) in [5, 5.41) is 13.1. The quantitative estimate of drug-likeness (QED) is 0.712. The average Bonchev–Trinajstić information content (AvgIpc) is 2.59. The number of rotatable bonds is 3. The van der Waals surface area contributed by atoms with Crippen LogP contribution in [-0.4, -0.2) is 27.0 Å². The van der Waals surface area contributed by atoms with Gasteiger partial charge in [-0.05, 0) is 18.6 Å². The van der Waals surface area contributed by atoms with Gasteiger partial charge < -0.3 is 20.1 Å². The number of hydrogen-bond acceptors (Lipinski definition) is 6. The number of carbonyl (C=O) groups excluding carboxylic acids is 2. The Bertz CT molecular complexity index is 862. The topological polar surface area (TPSA) is 121 Å². The molecule has 3 N–H and O–H groups in total. The highest BCUT2D eigenvalue weighted by Gasteiger charge is 2.46. The molecule has 8 heteroatoms. The minimum Gasteiger partial charge on any atom is -0.458 e. The number of nitrogens with zero attached hydrogens (tertiary/aromatic N) is 1. The molecule has 2 aromatic rings. The maximum atomic E-state index is 12.3. The Balaban J connectivity index is 2.03. The van der Waals surface area contributed by atoms with E-state index in [0.29, 0.717) is 5.69 Å². The monoisotopic (exact) mass is 329 g/mol. The first-order valence-corrected chi connectivity index (χ1v) is 7.35. The van der Waals surface area contributed by atoms with E-state index in [1.54, 1.807) is 37.3 Å². The number of esters is 1. The number of aromatic amines is 1. The predicted octanol–water partition coefficient (Wildman–Crippen LogP) is 0.677. The summed E-state index contributed by atoms with van der Waals surface area (Å²) in [4.78, 5) is 42.7. The Morgan fingerprint density at radius 1 is 1.38 bits per heavy atom. The molecule has 1 aromatic carbocycles. The molecule has 2 heterocycles. The fourth-order valence-electron chi connectivity index (χ4n) is 2.46. The van der Waals surface area contributed by atoms with Crippen LogP contribution in [0.3, 0.4) is 0 Å². The third-order valence-electron chi connectivity index (χ3n) is 3.85. The lowest BCUT2D eigenvalue weighted by Gasteiger charge is -2.29. The molecule has 8 nitrogen and oxygen atoms in total. The molecular formula is C16H15N3O5. The Morgan fingerprint density at radius 3 is 2.75 bits per heavy atom. The summed E-state index contributed by atoms with van der Waals surface area (Å²) in [5.74, 6) is -1.83. The summed E-state index contributed by atoms with van der Waals surface area (Å²) in [7, 11) is 0. The molecule has 0 spiro atoms. The zero-order valence-electron chi connectivity index (χ0n) is 12.8. The van der Waals surface area contributed by atoms with Gasteiger partial charge in [0.05, 0.1) is 11.3 Å². The number of benzene rings is 1. The largest absolute Gasteiger partial charge is 0.458 e. The molecule has 124 valence electrons. The molecule has 0 radical (unpaired) electrons. The van der Waals surface area contributed by atoms with Crippen molar-refractivity contribution in [3.05, 3.63) is 57.8 Å². The van der Waals surface area contributed by atoms with Gasteiger partial charge in [0.15, 0.2) is 5.82 Å². The van der Waals surface area contributed by atoms with Crippen LogP contribution in [-0.2, 0) is 21.7 Å². The van der Waals surface area contributed by atoms with Crippen molar-refractivity contribution in [1.82, 2.24) is 9.97 Å². The number of anilines is 1. The smallest absolute Gasteiger partial charge is 0.344 e. The van der Waals surface area contributed by atoms with Gasteiger partial charge in [-0.25, -0.2) is 9.78 Å². The molecule has 0 fully saturated rings. The lowest BCUT2D eigenvalue weighted by atomic mass is 9.91. The minimum atomic E-state index is -2.04. The van der Waals surface area contributed by atoms with Crippen molar-refractivity contribution < 1.29 is 19.4 Å². The lowest BCUT2D eigenvalue weighted by molar-refractivity contribution is -0.172. The zero-order valence-corrected chi connectivity index (χ0v) is 12.8. The van der Waals surface area contributed by atoms with Gasteiger partial charge in [-0.2, -0.15) is 0 Å². The highest BCUT2D eigenvalue weighted by Crippen LogP contribution is 2.31. The standard InChI is InChI=1S/C16H15N3O5/c1-2-16(23)11-10(8-24-15(16)22)13(20)19-12(18-11)14(21)17-9-6-4-3-5-7-9/h3-7,23H,2,8H2,1H3,(H,17,21)(H,18,19,20)/t16-/m0/s1. The van der Waals surface area contributed by atoms with E-state index in [1.807, 2.05) is 0 Å². The van der Waals surface area contributed by atoms with Gasteiger partial charge in [-0.1, -0.05) is 25.1 Å². The number of nitrogens with one attached hydrogen (secondary N) is 2. The second-order valence-electron chi connectivity index (χ2n) is 5.35. The van der Waals surface area contributed by atoms with Crippen LogP contribution < -0.4 is 10.9 Å². The summed E-state index contributed by atoms with van der Waals surface area (Å²) in [5.41, 5.74) is -2.24. The van der Waals surface area contributed by atoms with Crippen molar-refractivity contribution >= 4 is 17.6 Å². The van der Waals surface area contributed by atoms with Crippen molar-refractivity contribution in [2.75, 3.05) is 5.32 Å². The van der Waals surface area contributed by atoms with E-state index >= 15 is 0 Å². The Hall–Kier alpha value is -3.00. The summed E-state index contributed by atoms with van der Waals surface area (Å²) < 4.78 is 4.84. The lowest BCUT2D eigenvalue weighted by Crippen LogP contribution is -2.45. The molecule has 0 unspecified atom stereocenters. The van der Waals surface area contributed by atoms with Gasteiger partial charge in [0.1, 0.15) is 6.61 Å². The minimum absolute atomic E-state index is 0.0327. The SMILES string of the molecule is CC[C@@]1(O)C(=O)OCc2c1nc(C(=O)Nc1ccccc1)[nH]c2=O. The van der Waals surface area contributed by atoms with E-state index < -0.39 is 23.0 Å². The molecule has 1 aliphatic rings. The fraction of sp³-hybridized carbons (Fsp3) is 0.250. The predicted molar refractivity (Wildman–Crippen MR) is 83.2 cm³/mol. The first kappa shape index (κ1) is 15.9. The first-order chi connectivity index (χ1) is 11.5. The summed E-state index contributed by atoms with van der Waals surface area (Å²) >= 11 is 0. The van der Waals surface area contributed by atoms with Crippen molar-refractivity contribution in [2.24, 2.45) is 0 Å². The van der Waals surface area contributed by atoms with Crippen LogP contribution in [0.4, 0.5) is 5.69 Å². The third-order valence-corrected chi connectivity index (χ3v) is 3.85. The average molecular weight is 329 g/mol. The number of aromatic nitrogens is 2. The fourth-order valence-corrected chi connectivity index (χ4v) is 2.46. The number of amides is 1. The van der Waals surface area contributed by atoms with Crippen LogP contribution >= 0.6 is 0 Å². The van der Waals surface area contributed by atoms with Crippen LogP contribution in [0.2, 0.25) is 0 Å². The van der Waals surface area contributed by atoms with Crippen molar-refractivity contribution in [3.8, 4) is 0 Å². The van der Waals surface area contributed by atoms with Crippen LogP contribution in [0, 0.1) is 0 Å². The molecule has 1 aromatic heterocycles. The van der Waals surface area contributed by atoms with E-state index in [1.165, 1.54) is 0 Å². The molecule has 1 amide bonds. The van der Waals surface area contributed by atoms with Gasteiger partial charge in [0.2, 0.25) is 5.60 Å². The molecule has 1 atom stereocenters. The number of hydrogen-bond donors (Lipinski definition) is 3. The maximum absolute atomic E-state index is 12.3. The molecular weight excluding hydrogens is 314 g/mol. The molecule has 0 bridgehead atoms. The van der Waals surface area contributed by atoms with Gasteiger partial charge >= 0.3 is 5.97 Å². The second kappa shape index (κ2) is 5.89. The van der Waals surface area contributed by atoms with Crippen molar-refractivity contribution in [1.29, 1.82) is 0 Å². The first-order valence-electron chi connectivity index (χ1n) is 7.35. The summed E-state index contributed by atoms with van der Waals surface area (Å²) in [6.07, 6.45) is -0.0327. The van der Waals surface area contributed by atoms with Crippen molar-refractivity contribution in [3.63, 3.8) is 0 Å². The molecule has 0 saturated carbocycles. The highest BCUT2D eigenvalue weighted by molar-refractivity contribution is 6.01. The van der Waals surface area contributed by atoms with Crippen LogP contribution in [0.15, 0.2) is 35.1 Å². The Labute approximate surface area is 136 Å². The maximum Gasteiger partial charge on any atom is 0.344 e. The van der Waals surface area contributed by atoms with Gasteiger partial charge in [-0.3, -0.25) is 9.59 Å². The van der Waals surface area contributed by atoms with Gasteiger partial charge in [0, 0.05) is 5.69 Å². The molecule has 0 saturated heterocycles. The van der Waals surface area contributed by atoms with E-state index in [4.69, 9.17) is 4.74 Å². The third kappa shape index (κ3) is 2.56. The number of cyclic esters (lactones) is 1. The van der Waals surface area contributed by atoms with Crippen LogP contribution in [0.5, 0.6) is 0 Å². The number of aliphatic hydroxyl groups is 1. The van der Waals surface area contributed by atoms with E-state index in [-0.39, 0.29) is 30.1 Å². The van der Waals surface area contributed by atoms with Crippen molar-refractivity contribution in [2.45, 2.75) is 25.6 Å². The summed E-state index contributed by atoms with van der Waals surface area (Å²) in [6, 6.07) is 8.62. The molecule has 0 aliphatic carbocycles.